The van der Waals surface area contributed by atoms with E-state index in [2.05, 4.69) is 30.1 Å². The molecule has 2 saturated heterocycles. The number of nitrogens with zero attached hydrogens (tertiary/aromatic N) is 3. The molecular formula is C25H34N4O2. The molecule has 6 nitrogen and oxygen atoms in total. The van der Waals surface area contributed by atoms with E-state index < -0.39 is 0 Å². The van der Waals surface area contributed by atoms with E-state index in [9.17, 15) is 9.59 Å². The Morgan fingerprint density at radius 3 is 2.52 bits per heavy atom. The van der Waals surface area contributed by atoms with Crippen molar-refractivity contribution in [1.82, 2.24) is 9.88 Å². The van der Waals surface area contributed by atoms with Gasteiger partial charge in [0, 0.05) is 50.1 Å². The molecule has 0 bridgehead atoms. The summed E-state index contributed by atoms with van der Waals surface area (Å²) in [5.41, 5.74) is 2.87. The average molecular weight is 423 g/mol. The van der Waals surface area contributed by atoms with E-state index in [1.807, 2.05) is 23.1 Å². The van der Waals surface area contributed by atoms with Crippen LogP contribution in [0.3, 0.4) is 0 Å². The summed E-state index contributed by atoms with van der Waals surface area (Å²) in [6.07, 6.45) is 6.35. The second kappa shape index (κ2) is 9.67. The molecule has 166 valence electrons. The number of pyridine rings is 1. The van der Waals surface area contributed by atoms with Gasteiger partial charge in [-0.05, 0) is 74.8 Å². The summed E-state index contributed by atoms with van der Waals surface area (Å²) in [6.45, 7) is 8.10. The molecule has 1 N–H and O–H groups in total. The number of benzene rings is 1. The maximum absolute atomic E-state index is 12.4. The van der Waals surface area contributed by atoms with E-state index in [1.165, 1.54) is 19.3 Å². The highest BCUT2D eigenvalue weighted by molar-refractivity contribution is 5.96. The smallest absolute Gasteiger partial charge is 0.224 e. The van der Waals surface area contributed by atoms with Crippen molar-refractivity contribution in [2.24, 2.45) is 5.92 Å². The molecule has 4 rings (SSSR count). The van der Waals surface area contributed by atoms with Gasteiger partial charge in [0.25, 0.3) is 0 Å². The third kappa shape index (κ3) is 5.35. The number of rotatable bonds is 5. The molecule has 31 heavy (non-hydrogen) atoms. The zero-order chi connectivity index (χ0) is 21.8. The van der Waals surface area contributed by atoms with Crippen molar-refractivity contribution in [2.45, 2.75) is 58.8 Å². The number of aromatic nitrogens is 1. The van der Waals surface area contributed by atoms with E-state index in [0.29, 0.717) is 5.92 Å². The lowest BCUT2D eigenvalue weighted by Gasteiger charge is -2.30. The van der Waals surface area contributed by atoms with Gasteiger partial charge in [-0.25, -0.2) is 4.98 Å². The first-order valence-corrected chi connectivity index (χ1v) is 11.7. The number of amides is 2. The maximum Gasteiger partial charge on any atom is 0.224 e. The van der Waals surface area contributed by atoms with Gasteiger partial charge in [0.05, 0.1) is 5.52 Å². The minimum absolute atomic E-state index is 0.0887. The Bertz CT molecular complexity index is 944. The standard InChI is InChI=1S/C25H34N4O2/c1-18-10-14-29(15-11-18)25(31)9-8-24(30)26-20-6-7-22-21(17-20)19(2)16-23(27-22)28-12-4-3-5-13-28/h6-7,16-18H,3-5,8-15H2,1-2H3,(H,26,30). The molecule has 2 aliphatic heterocycles. The third-order valence-electron chi connectivity index (χ3n) is 6.67. The minimum Gasteiger partial charge on any atom is -0.357 e. The normalized spacial score (nSPS) is 17.7. The minimum atomic E-state index is -0.117. The van der Waals surface area contributed by atoms with E-state index >= 15 is 0 Å². The van der Waals surface area contributed by atoms with Crippen molar-refractivity contribution in [3.05, 3.63) is 29.8 Å². The summed E-state index contributed by atoms with van der Waals surface area (Å²) in [7, 11) is 0. The fourth-order valence-corrected chi connectivity index (χ4v) is 4.60. The largest absolute Gasteiger partial charge is 0.357 e. The summed E-state index contributed by atoms with van der Waals surface area (Å²) in [5.74, 6) is 1.71. The number of anilines is 2. The summed E-state index contributed by atoms with van der Waals surface area (Å²) < 4.78 is 0. The summed E-state index contributed by atoms with van der Waals surface area (Å²) in [4.78, 5) is 33.9. The molecule has 1 aromatic carbocycles. The van der Waals surface area contributed by atoms with Crippen LogP contribution < -0.4 is 10.2 Å². The summed E-state index contributed by atoms with van der Waals surface area (Å²) in [5, 5.41) is 4.01. The first-order chi connectivity index (χ1) is 15.0. The van der Waals surface area contributed by atoms with E-state index in [-0.39, 0.29) is 24.7 Å². The van der Waals surface area contributed by atoms with Gasteiger partial charge in [-0.1, -0.05) is 6.92 Å². The second-order valence-electron chi connectivity index (χ2n) is 9.19. The van der Waals surface area contributed by atoms with Gasteiger partial charge in [-0.15, -0.1) is 0 Å². The number of aryl methyl sites for hydroxylation is 1. The van der Waals surface area contributed by atoms with Crippen LogP contribution in [0.4, 0.5) is 11.5 Å². The Balaban J connectivity index is 1.36. The lowest BCUT2D eigenvalue weighted by Crippen LogP contribution is -2.38. The number of fused-ring (bicyclic) bond motifs is 1. The molecule has 2 amide bonds. The fourth-order valence-electron chi connectivity index (χ4n) is 4.60. The summed E-state index contributed by atoms with van der Waals surface area (Å²) in [6, 6.07) is 8.02. The molecular weight excluding hydrogens is 388 g/mol. The van der Waals surface area contributed by atoms with Crippen molar-refractivity contribution in [3.8, 4) is 0 Å². The van der Waals surface area contributed by atoms with Crippen molar-refractivity contribution >= 4 is 34.2 Å². The van der Waals surface area contributed by atoms with Gasteiger partial charge in [-0.2, -0.15) is 0 Å². The predicted octanol–water partition coefficient (Wildman–Crippen LogP) is 4.51. The van der Waals surface area contributed by atoms with E-state index in [0.717, 1.165) is 67.0 Å². The number of hydrogen-bond acceptors (Lipinski definition) is 4. The monoisotopic (exact) mass is 422 g/mol. The number of likely N-dealkylation sites (tertiary alicyclic amines) is 1. The Morgan fingerprint density at radius 1 is 1.03 bits per heavy atom. The van der Waals surface area contributed by atoms with E-state index in [1.54, 1.807) is 0 Å². The molecule has 0 spiro atoms. The van der Waals surface area contributed by atoms with Crippen molar-refractivity contribution < 1.29 is 9.59 Å². The number of hydrogen-bond donors (Lipinski definition) is 1. The van der Waals surface area contributed by atoms with Crippen LogP contribution in [-0.4, -0.2) is 47.9 Å². The van der Waals surface area contributed by atoms with Crippen LogP contribution in [0.15, 0.2) is 24.3 Å². The van der Waals surface area contributed by atoms with Crippen LogP contribution >= 0.6 is 0 Å². The van der Waals surface area contributed by atoms with Crippen LogP contribution in [0.1, 0.15) is 57.4 Å². The molecule has 0 saturated carbocycles. The molecule has 0 aliphatic carbocycles. The molecule has 1 aromatic heterocycles. The molecule has 6 heteroatoms. The molecule has 2 aromatic rings. The van der Waals surface area contributed by atoms with Gasteiger partial charge >= 0.3 is 0 Å². The Kier molecular flexibility index (Phi) is 6.73. The molecule has 0 radical (unpaired) electrons. The molecule has 0 unspecified atom stereocenters. The molecule has 0 atom stereocenters. The molecule has 2 aliphatic rings. The van der Waals surface area contributed by atoms with Crippen LogP contribution in [0, 0.1) is 12.8 Å². The topological polar surface area (TPSA) is 65.5 Å². The van der Waals surface area contributed by atoms with Crippen LogP contribution in [0.25, 0.3) is 10.9 Å². The van der Waals surface area contributed by atoms with Crippen molar-refractivity contribution in [3.63, 3.8) is 0 Å². The zero-order valence-electron chi connectivity index (χ0n) is 18.8. The predicted molar refractivity (Wildman–Crippen MR) is 125 cm³/mol. The van der Waals surface area contributed by atoms with Crippen LogP contribution in [0.2, 0.25) is 0 Å². The van der Waals surface area contributed by atoms with Crippen LogP contribution in [0.5, 0.6) is 0 Å². The second-order valence-corrected chi connectivity index (χ2v) is 9.19. The van der Waals surface area contributed by atoms with Gasteiger partial charge < -0.3 is 15.1 Å². The quantitative estimate of drug-likeness (QED) is 0.770. The Hall–Kier alpha value is -2.63. The highest BCUT2D eigenvalue weighted by Crippen LogP contribution is 2.27. The molecule has 2 fully saturated rings. The molecule has 3 heterocycles. The lowest BCUT2D eigenvalue weighted by atomic mass is 9.99. The zero-order valence-corrected chi connectivity index (χ0v) is 18.8. The average Bonchev–Trinajstić information content (AvgIpc) is 2.79. The third-order valence-corrected chi connectivity index (χ3v) is 6.67. The Labute approximate surface area is 185 Å². The van der Waals surface area contributed by atoms with Crippen LogP contribution in [-0.2, 0) is 9.59 Å². The Morgan fingerprint density at radius 2 is 1.77 bits per heavy atom. The maximum atomic E-state index is 12.4. The number of piperidine rings is 2. The fraction of sp³-hybridized carbons (Fsp3) is 0.560. The number of carbonyl (C=O) groups excluding carboxylic acids is 2. The van der Waals surface area contributed by atoms with Crippen molar-refractivity contribution in [1.29, 1.82) is 0 Å². The highest BCUT2D eigenvalue weighted by atomic mass is 16.2. The number of nitrogens with one attached hydrogen (secondary N) is 1. The first-order valence-electron chi connectivity index (χ1n) is 11.7. The van der Waals surface area contributed by atoms with Crippen molar-refractivity contribution in [2.75, 3.05) is 36.4 Å². The summed E-state index contributed by atoms with van der Waals surface area (Å²) >= 11 is 0. The number of carbonyl (C=O) groups is 2. The van der Waals surface area contributed by atoms with Gasteiger partial charge in [0.15, 0.2) is 0 Å². The first kappa shape index (κ1) is 21.6. The van der Waals surface area contributed by atoms with Gasteiger partial charge in [0.1, 0.15) is 5.82 Å². The SMILES string of the molecule is Cc1cc(N2CCCCC2)nc2ccc(NC(=O)CCC(=O)N3CCC(C)CC3)cc12. The van der Waals surface area contributed by atoms with E-state index in [4.69, 9.17) is 4.98 Å². The van der Waals surface area contributed by atoms with Gasteiger partial charge in [-0.3, -0.25) is 9.59 Å². The van der Waals surface area contributed by atoms with Gasteiger partial charge in [0.2, 0.25) is 11.8 Å². The highest BCUT2D eigenvalue weighted by Gasteiger charge is 2.21. The lowest BCUT2D eigenvalue weighted by molar-refractivity contribution is -0.134.